The number of fused-ring (bicyclic) bond motifs is 1. The van der Waals surface area contributed by atoms with Gasteiger partial charge in [-0.3, -0.25) is 19.8 Å². The van der Waals surface area contributed by atoms with Crippen LogP contribution in [0.15, 0.2) is 102 Å². The van der Waals surface area contributed by atoms with Crippen LogP contribution in [0.1, 0.15) is 34.3 Å². The predicted octanol–water partition coefficient (Wildman–Crippen LogP) is 3.83. The third-order valence-corrected chi connectivity index (χ3v) is 6.26. The number of carbonyl (C=O) groups is 3. The first-order valence-corrected chi connectivity index (χ1v) is 11.5. The third kappa shape index (κ3) is 4.61. The van der Waals surface area contributed by atoms with Gasteiger partial charge in [0.05, 0.1) is 23.2 Å². The van der Waals surface area contributed by atoms with Crippen LogP contribution < -0.4 is 15.9 Å². The van der Waals surface area contributed by atoms with E-state index in [0.717, 1.165) is 11.1 Å². The Morgan fingerprint density at radius 3 is 2.06 bits per heavy atom. The van der Waals surface area contributed by atoms with Crippen molar-refractivity contribution < 1.29 is 14.4 Å². The molecule has 1 fully saturated rings. The smallest absolute Gasteiger partial charge is 0.271 e. The van der Waals surface area contributed by atoms with Crippen molar-refractivity contribution in [3.8, 4) is 0 Å². The van der Waals surface area contributed by atoms with Crippen LogP contribution in [0.4, 0.5) is 5.69 Å². The Balaban J connectivity index is 1.39. The molecule has 1 heterocycles. The molecule has 1 aliphatic heterocycles. The molecule has 3 aromatic carbocycles. The van der Waals surface area contributed by atoms with Gasteiger partial charge < -0.3 is 0 Å². The van der Waals surface area contributed by atoms with Crippen LogP contribution in [0.25, 0.3) is 0 Å². The maximum atomic E-state index is 13.1. The van der Waals surface area contributed by atoms with Gasteiger partial charge in [-0.15, -0.1) is 0 Å². The molecule has 3 amide bonds. The van der Waals surface area contributed by atoms with Gasteiger partial charge in [0.1, 0.15) is 0 Å². The normalized spacial score (nSPS) is 18.9. The highest BCUT2D eigenvalue weighted by Gasteiger charge is 2.42. The Kier molecular flexibility index (Phi) is 6.22. The SMILES string of the molecule is O=C(NN=C(c1ccccc1)c1ccccc1)c1cccc(N2NC(=O)C3CC=CCC3C2=O)c1. The van der Waals surface area contributed by atoms with Gasteiger partial charge in [-0.2, -0.15) is 5.10 Å². The number of rotatable bonds is 5. The lowest BCUT2D eigenvalue weighted by Crippen LogP contribution is -2.59. The lowest BCUT2D eigenvalue weighted by molar-refractivity contribution is -0.139. The van der Waals surface area contributed by atoms with Crippen LogP contribution >= 0.6 is 0 Å². The van der Waals surface area contributed by atoms with E-state index in [1.165, 1.54) is 5.01 Å². The number of benzene rings is 3. The standard InChI is InChI=1S/C28H24N4O3/c33-26(30-29-25(19-10-3-1-4-11-19)20-12-5-2-6-13-20)21-14-9-15-22(18-21)32-28(35)24-17-8-7-16-23(24)27(34)31-32/h1-15,18,23-24H,16-17H2,(H,30,33)(H,31,34). The highest BCUT2D eigenvalue weighted by molar-refractivity contribution is 6.13. The summed E-state index contributed by atoms with van der Waals surface area (Å²) in [5.41, 5.74) is 8.44. The summed E-state index contributed by atoms with van der Waals surface area (Å²) in [6.45, 7) is 0. The van der Waals surface area contributed by atoms with E-state index in [2.05, 4.69) is 16.0 Å². The minimum atomic E-state index is -0.425. The minimum absolute atomic E-state index is 0.176. The summed E-state index contributed by atoms with van der Waals surface area (Å²) >= 11 is 0. The largest absolute Gasteiger partial charge is 0.273 e. The quantitative estimate of drug-likeness (QED) is 0.342. The van der Waals surface area contributed by atoms with Crippen molar-refractivity contribution in [1.29, 1.82) is 0 Å². The number of carbonyl (C=O) groups excluding carboxylic acids is 3. The molecule has 0 aromatic heterocycles. The van der Waals surface area contributed by atoms with Crippen molar-refractivity contribution in [1.82, 2.24) is 10.9 Å². The number of allylic oxidation sites excluding steroid dienone is 2. The molecular formula is C28H24N4O3. The molecular weight excluding hydrogens is 440 g/mol. The number of nitrogens with one attached hydrogen (secondary N) is 2. The molecule has 0 saturated carbocycles. The molecule has 2 atom stereocenters. The van der Waals surface area contributed by atoms with E-state index in [1.54, 1.807) is 24.3 Å². The molecule has 2 aliphatic rings. The fourth-order valence-electron chi connectivity index (χ4n) is 4.43. The summed E-state index contributed by atoms with van der Waals surface area (Å²) in [7, 11) is 0. The van der Waals surface area contributed by atoms with Crippen molar-refractivity contribution >= 4 is 29.1 Å². The first-order valence-electron chi connectivity index (χ1n) is 11.5. The van der Waals surface area contributed by atoms with Gasteiger partial charge in [-0.1, -0.05) is 78.9 Å². The lowest BCUT2D eigenvalue weighted by Gasteiger charge is -2.38. The molecule has 0 radical (unpaired) electrons. The molecule has 0 spiro atoms. The Hall–Kier alpha value is -4.52. The highest BCUT2D eigenvalue weighted by atomic mass is 16.2. The monoisotopic (exact) mass is 464 g/mol. The van der Waals surface area contributed by atoms with Gasteiger partial charge in [-0.25, -0.2) is 10.4 Å². The summed E-state index contributed by atoms with van der Waals surface area (Å²) in [4.78, 5) is 38.7. The maximum Gasteiger partial charge on any atom is 0.271 e. The summed E-state index contributed by atoms with van der Waals surface area (Å²) < 4.78 is 0. The molecule has 35 heavy (non-hydrogen) atoms. The Morgan fingerprint density at radius 1 is 0.800 bits per heavy atom. The molecule has 7 heteroatoms. The zero-order valence-electron chi connectivity index (χ0n) is 18.9. The van der Waals surface area contributed by atoms with E-state index in [-0.39, 0.29) is 17.7 Å². The Labute approximate surface area is 203 Å². The zero-order chi connectivity index (χ0) is 24.2. The van der Waals surface area contributed by atoms with E-state index in [1.807, 2.05) is 72.8 Å². The molecule has 5 rings (SSSR count). The van der Waals surface area contributed by atoms with Crippen LogP contribution in [0, 0.1) is 11.8 Å². The Morgan fingerprint density at radius 2 is 1.40 bits per heavy atom. The summed E-state index contributed by atoms with van der Waals surface area (Å²) in [6.07, 6.45) is 4.97. The average molecular weight is 465 g/mol. The van der Waals surface area contributed by atoms with E-state index in [0.29, 0.717) is 29.8 Å². The van der Waals surface area contributed by atoms with Crippen molar-refractivity contribution in [2.45, 2.75) is 12.8 Å². The molecule has 2 unspecified atom stereocenters. The van der Waals surface area contributed by atoms with E-state index < -0.39 is 11.8 Å². The first-order chi connectivity index (χ1) is 17.1. The number of amides is 3. The van der Waals surface area contributed by atoms with Gasteiger partial charge >= 0.3 is 0 Å². The fraction of sp³-hybridized carbons (Fsp3) is 0.143. The van der Waals surface area contributed by atoms with Gasteiger partial charge in [0.25, 0.3) is 5.91 Å². The predicted molar refractivity (Wildman–Crippen MR) is 133 cm³/mol. The summed E-state index contributed by atoms with van der Waals surface area (Å²) in [6, 6.07) is 25.8. The Bertz CT molecular complexity index is 1280. The number of hydrogen-bond donors (Lipinski definition) is 2. The number of hydrazine groups is 1. The number of hydrogen-bond acceptors (Lipinski definition) is 4. The van der Waals surface area contributed by atoms with Gasteiger partial charge in [-0.05, 0) is 31.0 Å². The number of hydrazone groups is 1. The molecule has 2 N–H and O–H groups in total. The summed E-state index contributed by atoms with van der Waals surface area (Å²) in [5.74, 6) is -1.53. The molecule has 1 aliphatic carbocycles. The van der Waals surface area contributed by atoms with Crippen LogP contribution in [0.3, 0.4) is 0 Å². The second-order valence-electron chi connectivity index (χ2n) is 8.49. The number of nitrogens with zero attached hydrogens (tertiary/aromatic N) is 2. The van der Waals surface area contributed by atoms with Crippen molar-refractivity contribution in [2.75, 3.05) is 5.01 Å². The highest BCUT2D eigenvalue weighted by Crippen LogP contribution is 2.32. The molecule has 3 aromatic rings. The third-order valence-electron chi connectivity index (χ3n) is 6.26. The molecule has 7 nitrogen and oxygen atoms in total. The van der Waals surface area contributed by atoms with Crippen molar-refractivity contribution in [3.05, 3.63) is 114 Å². The van der Waals surface area contributed by atoms with Crippen LogP contribution in [-0.2, 0) is 9.59 Å². The van der Waals surface area contributed by atoms with E-state index in [9.17, 15) is 14.4 Å². The van der Waals surface area contributed by atoms with Crippen molar-refractivity contribution in [3.63, 3.8) is 0 Å². The zero-order valence-corrected chi connectivity index (χ0v) is 18.9. The van der Waals surface area contributed by atoms with Gasteiger partial charge in [0, 0.05) is 16.7 Å². The molecule has 0 bridgehead atoms. The second-order valence-corrected chi connectivity index (χ2v) is 8.49. The molecule has 1 saturated heterocycles. The topological polar surface area (TPSA) is 90.9 Å². The van der Waals surface area contributed by atoms with Crippen LogP contribution in [-0.4, -0.2) is 23.4 Å². The van der Waals surface area contributed by atoms with Crippen molar-refractivity contribution in [2.24, 2.45) is 16.9 Å². The van der Waals surface area contributed by atoms with Gasteiger partial charge in [0.2, 0.25) is 11.8 Å². The molecule has 174 valence electrons. The maximum absolute atomic E-state index is 13.1. The van der Waals surface area contributed by atoms with E-state index in [4.69, 9.17) is 0 Å². The first kappa shape index (κ1) is 22.3. The van der Waals surface area contributed by atoms with Crippen LogP contribution in [0.2, 0.25) is 0 Å². The fourth-order valence-corrected chi connectivity index (χ4v) is 4.43. The van der Waals surface area contributed by atoms with Crippen LogP contribution in [0.5, 0.6) is 0 Å². The van der Waals surface area contributed by atoms with Gasteiger partial charge in [0.15, 0.2) is 0 Å². The minimum Gasteiger partial charge on any atom is -0.273 e. The average Bonchev–Trinajstić information content (AvgIpc) is 2.92. The second kappa shape index (κ2) is 9.77. The lowest BCUT2D eigenvalue weighted by atomic mass is 9.80. The van der Waals surface area contributed by atoms with E-state index >= 15 is 0 Å². The summed E-state index contributed by atoms with van der Waals surface area (Å²) in [5, 5.41) is 5.67. The number of anilines is 1.